The molecule has 1 aromatic rings. The third kappa shape index (κ3) is 4.85. The summed E-state index contributed by atoms with van der Waals surface area (Å²) >= 11 is 0. The highest BCUT2D eigenvalue weighted by molar-refractivity contribution is 4.79. The van der Waals surface area contributed by atoms with Gasteiger partial charge in [-0.15, -0.1) is 5.10 Å². The molecule has 2 rings (SSSR count). The molecule has 0 atom stereocenters. The van der Waals surface area contributed by atoms with E-state index in [0.717, 1.165) is 12.4 Å². The Hall–Kier alpha value is -1.05. The third-order valence-electron chi connectivity index (χ3n) is 3.33. The van der Waals surface area contributed by atoms with E-state index in [2.05, 4.69) is 20.8 Å². The van der Waals surface area contributed by atoms with E-state index in [1.807, 2.05) is 0 Å². The van der Waals surface area contributed by atoms with Crippen molar-refractivity contribution in [3.63, 3.8) is 0 Å². The quantitative estimate of drug-likeness (QED) is 0.653. The van der Waals surface area contributed by atoms with E-state index in [1.165, 1.54) is 25.7 Å². The highest BCUT2D eigenvalue weighted by atomic mass is 16.5. The SMILES string of the molecule is COCCNCc1nnnn1CCOC1CCCC1. The lowest BCUT2D eigenvalue weighted by molar-refractivity contribution is 0.0507. The van der Waals surface area contributed by atoms with Crippen molar-refractivity contribution in [3.8, 4) is 0 Å². The van der Waals surface area contributed by atoms with Gasteiger partial charge in [0.15, 0.2) is 5.82 Å². The van der Waals surface area contributed by atoms with Crippen LogP contribution in [-0.4, -0.2) is 53.2 Å². The normalized spacial score (nSPS) is 16.3. The summed E-state index contributed by atoms with van der Waals surface area (Å²) in [5.41, 5.74) is 0. The largest absolute Gasteiger partial charge is 0.383 e. The average Bonchev–Trinajstić information content (AvgIpc) is 3.07. The number of nitrogens with one attached hydrogen (secondary N) is 1. The zero-order valence-electron chi connectivity index (χ0n) is 11.5. The van der Waals surface area contributed by atoms with Crippen molar-refractivity contribution in [2.45, 2.75) is 44.9 Å². The molecule has 1 fully saturated rings. The Morgan fingerprint density at radius 3 is 2.95 bits per heavy atom. The molecule has 0 bridgehead atoms. The lowest BCUT2D eigenvalue weighted by Crippen LogP contribution is -2.22. The van der Waals surface area contributed by atoms with E-state index in [9.17, 15) is 0 Å². The van der Waals surface area contributed by atoms with Gasteiger partial charge in [-0.3, -0.25) is 0 Å². The smallest absolute Gasteiger partial charge is 0.165 e. The van der Waals surface area contributed by atoms with Gasteiger partial charge in [0.1, 0.15) is 0 Å². The molecule has 1 aliphatic rings. The van der Waals surface area contributed by atoms with E-state index in [0.29, 0.717) is 32.4 Å². The van der Waals surface area contributed by atoms with Crippen LogP contribution in [0.2, 0.25) is 0 Å². The highest BCUT2D eigenvalue weighted by Crippen LogP contribution is 2.20. The number of hydrogen-bond acceptors (Lipinski definition) is 6. The molecule has 1 aromatic heterocycles. The minimum atomic E-state index is 0.444. The van der Waals surface area contributed by atoms with Gasteiger partial charge in [0, 0.05) is 13.7 Å². The van der Waals surface area contributed by atoms with Gasteiger partial charge >= 0.3 is 0 Å². The Balaban J connectivity index is 1.66. The van der Waals surface area contributed by atoms with Crippen LogP contribution in [0.3, 0.4) is 0 Å². The van der Waals surface area contributed by atoms with Gasteiger partial charge in [-0.05, 0) is 23.3 Å². The van der Waals surface area contributed by atoms with Crippen LogP contribution < -0.4 is 5.32 Å². The maximum Gasteiger partial charge on any atom is 0.165 e. The van der Waals surface area contributed by atoms with Crippen LogP contribution in [0.25, 0.3) is 0 Å². The summed E-state index contributed by atoms with van der Waals surface area (Å²) in [4.78, 5) is 0. The van der Waals surface area contributed by atoms with Crippen LogP contribution in [0.5, 0.6) is 0 Å². The summed E-state index contributed by atoms with van der Waals surface area (Å²) in [7, 11) is 1.69. The molecule has 0 saturated heterocycles. The van der Waals surface area contributed by atoms with Crippen LogP contribution in [0.4, 0.5) is 0 Å². The summed E-state index contributed by atoms with van der Waals surface area (Å²) in [5.74, 6) is 0.839. The second-order valence-corrected chi connectivity index (χ2v) is 4.77. The standard InChI is InChI=1S/C12H23N5O2/c1-18-8-6-13-10-12-14-15-16-17(12)7-9-19-11-4-2-3-5-11/h11,13H,2-10H2,1H3. The number of rotatable bonds is 9. The molecule has 0 amide bonds. The number of nitrogens with zero attached hydrogens (tertiary/aromatic N) is 4. The summed E-state index contributed by atoms with van der Waals surface area (Å²) in [6.07, 6.45) is 5.43. The van der Waals surface area contributed by atoms with E-state index in [1.54, 1.807) is 11.8 Å². The number of tetrazole rings is 1. The predicted octanol–water partition coefficient (Wildman–Crippen LogP) is 0.368. The third-order valence-corrected chi connectivity index (χ3v) is 3.33. The number of aromatic nitrogens is 4. The fraction of sp³-hybridized carbons (Fsp3) is 0.917. The molecule has 7 heteroatoms. The first-order valence-corrected chi connectivity index (χ1v) is 6.96. The van der Waals surface area contributed by atoms with Gasteiger partial charge in [0.2, 0.25) is 0 Å². The number of hydrogen-bond donors (Lipinski definition) is 1. The van der Waals surface area contributed by atoms with Crippen molar-refractivity contribution in [2.75, 3.05) is 26.9 Å². The fourth-order valence-corrected chi connectivity index (χ4v) is 2.26. The van der Waals surface area contributed by atoms with Crippen molar-refractivity contribution >= 4 is 0 Å². The molecule has 0 spiro atoms. The lowest BCUT2D eigenvalue weighted by atomic mass is 10.3. The molecule has 1 saturated carbocycles. The summed E-state index contributed by atoms with van der Waals surface area (Å²) < 4.78 is 12.6. The van der Waals surface area contributed by atoms with Crippen molar-refractivity contribution in [1.82, 2.24) is 25.5 Å². The second kappa shape index (κ2) is 8.19. The monoisotopic (exact) mass is 269 g/mol. The molecular weight excluding hydrogens is 246 g/mol. The van der Waals surface area contributed by atoms with Gasteiger partial charge in [-0.1, -0.05) is 12.8 Å². The maximum absolute atomic E-state index is 5.82. The lowest BCUT2D eigenvalue weighted by Gasteiger charge is -2.11. The van der Waals surface area contributed by atoms with Crippen LogP contribution in [-0.2, 0) is 22.6 Å². The zero-order valence-corrected chi connectivity index (χ0v) is 11.5. The van der Waals surface area contributed by atoms with Crippen molar-refractivity contribution in [1.29, 1.82) is 0 Å². The molecule has 0 aliphatic heterocycles. The van der Waals surface area contributed by atoms with Crippen LogP contribution >= 0.6 is 0 Å². The Bertz CT molecular complexity index is 352. The number of ether oxygens (including phenoxy) is 2. The summed E-state index contributed by atoms with van der Waals surface area (Å²) in [6, 6.07) is 0. The Morgan fingerprint density at radius 1 is 1.32 bits per heavy atom. The van der Waals surface area contributed by atoms with Crippen molar-refractivity contribution < 1.29 is 9.47 Å². The molecule has 1 heterocycles. The molecule has 19 heavy (non-hydrogen) atoms. The van der Waals surface area contributed by atoms with Gasteiger partial charge in [-0.25, -0.2) is 4.68 Å². The van der Waals surface area contributed by atoms with Gasteiger partial charge in [-0.2, -0.15) is 0 Å². The molecular formula is C12H23N5O2. The predicted molar refractivity (Wildman–Crippen MR) is 69.6 cm³/mol. The Labute approximate surface area is 113 Å². The van der Waals surface area contributed by atoms with Crippen LogP contribution in [0.15, 0.2) is 0 Å². The van der Waals surface area contributed by atoms with E-state index < -0.39 is 0 Å². The molecule has 0 aromatic carbocycles. The average molecular weight is 269 g/mol. The molecule has 0 unspecified atom stereocenters. The second-order valence-electron chi connectivity index (χ2n) is 4.77. The topological polar surface area (TPSA) is 74.1 Å². The van der Waals surface area contributed by atoms with Crippen LogP contribution in [0, 0.1) is 0 Å². The Kier molecular flexibility index (Phi) is 6.19. The first-order valence-electron chi connectivity index (χ1n) is 6.96. The molecule has 7 nitrogen and oxygen atoms in total. The number of methoxy groups -OCH3 is 1. The van der Waals surface area contributed by atoms with Crippen molar-refractivity contribution in [3.05, 3.63) is 5.82 Å². The van der Waals surface area contributed by atoms with Gasteiger partial charge < -0.3 is 14.8 Å². The zero-order chi connectivity index (χ0) is 13.3. The van der Waals surface area contributed by atoms with Gasteiger partial charge in [0.25, 0.3) is 0 Å². The molecule has 108 valence electrons. The Morgan fingerprint density at radius 2 is 2.16 bits per heavy atom. The first kappa shape index (κ1) is 14.4. The maximum atomic E-state index is 5.82. The van der Waals surface area contributed by atoms with Crippen molar-refractivity contribution in [2.24, 2.45) is 0 Å². The van der Waals surface area contributed by atoms with E-state index in [4.69, 9.17) is 9.47 Å². The van der Waals surface area contributed by atoms with E-state index in [-0.39, 0.29) is 0 Å². The molecule has 1 aliphatic carbocycles. The van der Waals surface area contributed by atoms with Crippen LogP contribution in [0.1, 0.15) is 31.5 Å². The minimum absolute atomic E-state index is 0.444. The highest BCUT2D eigenvalue weighted by Gasteiger charge is 2.15. The minimum Gasteiger partial charge on any atom is -0.383 e. The fourth-order valence-electron chi connectivity index (χ4n) is 2.26. The summed E-state index contributed by atoms with van der Waals surface area (Å²) in [5, 5.41) is 14.9. The van der Waals surface area contributed by atoms with Gasteiger partial charge in [0.05, 0.1) is 32.4 Å². The molecule has 1 N–H and O–H groups in total. The molecule has 0 radical (unpaired) electrons. The first-order chi connectivity index (χ1) is 9.40. The summed E-state index contributed by atoms with van der Waals surface area (Å²) in [6.45, 7) is 3.53. The van der Waals surface area contributed by atoms with E-state index >= 15 is 0 Å².